The fraction of sp³-hybridized carbons (Fsp3) is 0.618. The smallest absolute Gasteiger partial charge is 0.427 e. The Morgan fingerprint density at radius 1 is 1.08 bits per heavy atom. The van der Waals surface area contributed by atoms with Crippen LogP contribution in [0.25, 0.3) is 11.0 Å². The van der Waals surface area contributed by atoms with Gasteiger partial charge >= 0.3 is 12.3 Å². The third kappa shape index (κ3) is 7.95. The minimum absolute atomic E-state index is 0.0221. The molecule has 3 aliphatic rings. The number of amides is 3. The Labute approximate surface area is 278 Å². The third-order valence-electron chi connectivity index (χ3n) is 9.42. The number of hydrogen-bond donors (Lipinski definition) is 2. The van der Waals surface area contributed by atoms with Gasteiger partial charge in [0.25, 0.3) is 0 Å². The molecule has 7 unspecified atom stereocenters. The van der Waals surface area contributed by atoms with Gasteiger partial charge in [-0.1, -0.05) is 26.0 Å². The quantitative estimate of drug-likeness (QED) is 0.411. The van der Waals surface area contributed by atoms with E-state index in [0.29, 0.717) is 28.9 Å². The third-order valence-corrected chi connectivity index (χ3v) is 9.42. The first-order valence-electron chi connectivity index (χ1n) is 16.4. The zero-order chi connectivity index (χ0) is 35.0. The van der Waals surface area contributed by atoms with Crippen LogP contribution < -0.4 is 20.1 Å². The fourth-order valence-electron chi connectivity index (χ4n) is 6.36. The van der Waals surface area contributed by atoms with Crippen molar-refractivity contribution in [2.75, 3.05) is 13.7 Å². The number of aryl methyl sites for hydroxylation is 1. The number of ether oxygens (including phenoxy) is 3. The van der Waals surface area contributed by atoms with Crippen molar-refractivity contribution in [3.05, 3.63) is 36.0 Å². The number of methoxy groups -OCH3 is 1. The van der Waals surface area contributed by atoms with Gasteiger partial charge in [-0.25, -0.2) is 14.8 Å². The molecule has 3 heterocycles. The van der Waals surface area contributed by atoms with Gasteiger partial charge in [0, 0.05) is 18.5 Å². The van der Waals surface area contributed by atoms with Gasteiger partial charge in [-0.05, 0) is 76.3 Å². The van der Waals surface area contributed by atoms with Crippen LogP contribution in [0.3, 0.4) is 0 Å². The maximum Gasteiger partial charge on any atom is 0.427 e. The molecule has 2 aromatic rings. The summed E-state index contributed by atoms with van der Waals surface area (Å²) in [4.78, 5) is 51.6. The first-order valence-corrected chi connectivity index (χ1v) is 16.4. The van der Waals surface area contributed by atoms with Crippen LogP contribution in [0.2, 0.25) is 0 Å². The van der Waals surface area contributed by atoms with Crippen molar-refractivity contribution < 1.29 is 41.8 Å². The number of carbonyl (C=O) groups is 3. The van der Waals surface area contributed by atoms with Crippen LogP contribution >= 0.6 is 0 Å². The second kappa shape index (κ2) is 13.8. The largest absolute Gasteiger partial charge is 0.497 e. The van der Waals surface area contributed by atoms with Crippen molar-refractivity contribution in [3.8, 4) is 11.6 Å². The van der Waals surface area contributed by atoms with E-state index >= 15 is 0 Å². The van der Waals surface area contributed by atoms with Gasteiger partial charge in [-0.3, -0.25) is 9.59 Å². The molecule has 1 aromatic heterocycles. The SMILES string of the molecule is COc1ccc2nc(C)c(OC3CC4C(=O)NC5CC5C=CCCC(C)CC(C)C(NC(=O)OC(C)(C)C(F)(F)F)C(=O)N4C3)nc2c1. The Balaban J connectivity index is 1.44. The van der Waals surface area contributed by atoms with E-state index in [0.717, 1.165) is 33.1 Å². The van der Waals surface area contributed by atoms with Crippen molar-refractivity contribution in [1.82, 2.24) is 25.5 Å². The van der Waals surface area contributed by atoms with Crippen LogP contribution in [0.4, 0.5) is 18.0 Å². The number of aromatic nitrogens is 2. The lowest BCUT2D eigenvalue weighted by atomic mass is 9.88. The standard InChI is InChI=1S/C34H44F3N5O6/c1-18-9-7-8-10-21-14-25(21)39-29(43)27-16-23(47-30-20(3)38-24-12-11-22(46-6)15-26(24)40-30)17-42(27)31(44)28(19(2)13-18)41-32(45)48-33(4,5)34(35,36)37/h8,10-12,15,18-19,21,23,25,27-28H,7,9,13-14,16-17H2,1-6H3,(H,39,43)(H,41,45). The molecule has 11 nitrogen and oxygen atoms in total. The van der Waals surface area contributed by atoms with E-state index in [9.17, 15) is 27.6 Å². The molecule has 2 aliphatic heterocycles. The first kappa shape index (κ1) is 35.2. The number of nitrogens with zero attached hydrogens (tertiary/aromatic N) is 3. The summed E-state index contributed by atoms with van der Waals surface area (Å²) in [5.74, 6) is -0.288. The number of fused-ring (bicyclic) bond motifs is 3. The Hall–Kier alpha value is -4.10. The number of rotatable bonds is 5. The molecule has 1 saturated heterocycles. The van der Waals surface area contributed by atoms with Crippen LogP contribution in [0.5, 0.6) is 11.6 Å². The van der Waals surface area contributed by atoms with E-state index in [1.54, 1.807) is 39.2 Å². The molecular formula is C34H44F3N5O6. The van der Waals surface area contributed by atoms with E-state index in [-0.39, 0.29) is 42.6 Å². The number of halogens is 3. The summed E-state index contributed by atoms with van der Waals surface area (Å²) in [6.07, 6.45) is 0.380. The molecule has 1 aliphatic carbocycles. The van der Waals surface area contributed by atoms with Crippen LogP contribution in [-0.2, 0) is 14.3 Å². The number of carbonyl (C=O) groups excluding carboxylic acids is 3. The average molecular weight is 676 g/mol. The molecular weight excluding hydrogens is 631 g/mol. The predicted molar refractivity (Wildman–Crippen MR) is 170 cm³/mol. The summed E-state index contributed by atoms with van der Waals surface area (Å²) in [6, 6.07) is 3.00. The molecule has 1 saturated carbocycles. The van der Waals surface area contributed by atoms with Crippen LogP contribution in [0.15, 0.2) is 30.4 Å². The van der Waals surface area contributed by atoms with E-state index in [1.807, 2.05) is 6.92 Å². The first-order chi connectivity index (χ1) is 22.6. The van der Waals surface area contributed by atoms with Gasteiger partial charge in [-0.2, -0.15) is 13.2 Å². The highest BCUT2D eigenvalue weighted by Gasteiger charge is 2.52. The molecule has 5 rings (SSSR count). The number of hydrogen-bond acceptors (Lipinski definition) is 8. The van der Waals surface area contributed by atoms with Gasteiger partial charge in [0.2, 0.25) is 23.3 Å². The molecule has 48 heavy (non-hydrogen) atoms. The van der Waals surface area contributed by atoms with Gasteiger partial charge in [0.15, 0.2) is 0 Å². The maximum atomic E-state index is 14.4. The number of allylic oxidation sites excluding steroid dienone is 1. The van der Waals surface area contributed by atoms with Gasteiger partial charge in [0.1, 0.15) is 29.6 Å². The molecule has 3 amide bonds. The summed E-state index contributed by atoms with van der Waals surface area (Å²) in [5, 5.41) is 5.49. The minimum Gasteiger partial charge on any atom is -0.497 e. The Morgan fingerprint density at radius 3 is 2.54 bits per heavy atom. The number of alkyl halides is 3. The van der Waals surface area contributed by atoms with Crippen molar-refractivity contribution in [3.63, 3.8) is 0 Å². The lowest BCUT2D eigenvalue weighted by Crippen LogP contribution is -2.57. The lowest BCUT2D eigenvalue weighted by Gasteiger charge is -2.33. The molecule has 2 N–H and O–H groups in total. The molecule has 7 atom stereocenters. The summed E-state index contributed by atoms with van der Waals surface area (Å²) in [5.41, 5.74) is -1.10. The second-order valence-corrected chi connectivity index (χ2v) is 13.8. The van der Waals surface area contributed by atoms with Gasteiger partial charge in [-0.15, -0.1) is 0 Å². The molecule has 262 valence electrons. The average Bonchev–Trinajstić information content (AvgIpc) is 3.60. The zero-order valence-electron chi connectivity index (χ0n) is 28.1. The summed E-state index contributed by atoms with van der Waals surface area (Å²) in [6.45, 7) is 7.00. The van der Waals surface area contributed by atoms with E-state index in [4.69, 9.17) is 14.2 Å². The van der Waals surface area contributed by atoms with Crippen LogP contribution in [-0.4, -0.2) is 82.4 Å². The van der Waals surface area contributed by atoms with E-state index < -0.39 is 47.9 Å². The summed E-state index contributed by atoms with van der Waals surface area (Å²) in [7, 11) is 1.54. The zero-order valence-corrected chi connectivity index (χ0v) is 28.1. The van der Waals surface area contributed by atoms with Crippen LogP contribution in [0, 0.1) is 24.7 Å². The fourth-order valence-corrected chi connectivity index (χ4v) is 6.36. The number of alkyl carbamates (subject to hydrolysis) is 1. The summed E-state index contributed by atoms with van der Waals surface area (Å²) < 4.78 is 57.0. The van der Waals surface area contributed by atoms with E-state index in [2.05, 4.69) is 32.8 Å². The molecule has 2 fully saturated rings. The second-order valence-electron chi connectivity index (χ2n) is 13.8. The molecule has 1 aromatic carbocycles. The van der Waals surface area contributed by atoms with E-state index in [1.165, 1.54) is 4.90 Å². The lowest BCUT2D eigenvalue weighted by molar-refractivity contribution is -0.244. The minimum atomic E-state index is -4.83. The Morgan fingerprint density at radius 2 is 1.83 bits per heavy atom. The molecule has 0 bridgehead atoms. The van der Waals surface area contributed by atoms with Crippen LogP contribution in [0.1, 0.15) is 65.5 Å². The van der Waals surface area contributed by atoms with Crippen molar-refractivity contribution in [2.24, 2.45) is 17.8 Å². The molecule has 14 heteroatoms. The summed E-state index contributed by atoms with van der Waals surface area (Å²) >= 11 is 0. The Kier molecular flexibility index (Phi) is 10.1. The van der Waals surface area contributed by atoms with Crippen molar-refractivity contribution in [1.29, 1.82) is 0 Å². The highest BCUT2D eigenvalue weighted by atomic mass is 19.4. The van der Waals surface area contributed by atoms with Crippen molar-refractivity contribution >= 4 is 28.9 Å². The van der Waals surface area contributed by atoms with Crippen molar-refractivity contribution in [2.45, 2.75) is 103 Å². The predicted octanol–water partition coefficient (Wildman–Crippen LogP) is 5.25. The van der Waals surface area contributed by atoms with Gasteiger partial charge < -0.3 is 29.7 Å². The molecule has 0 radical (unpaired) electrons. The number of benzene rings is 1. The normalized spacial score (nSPS) is 28.4. The maximum absolute atomic E-state index is 14.4. The highest BCUT2D eigenvalue weighted by Crippen LogP contribution is 2.35. The van der Waals surface area contributed by atoms with Gasteiger partial charge in [0.05, 0.1) is 24.7 Å². The highest BCUT2D eigenvalue weighted by molar-refractivity contribution is 5.92. The monoisotopic (exact) mass is 675 g/mol. The Bertz CT molecular complexity index is 1570. The number of nitrogens with one attached hydrogen (secondary N) is 2. The molecule has 0 spiro atoms. The topological polar surface area (TPSA) is 132 Å².